The molecular weight excluding hydrogens is 431 g/mol. The van der Waals surface area contributed by atoms with E-state index in [0.29, 0.717) is 25.1 Å². The summed E-state index contributed by atoms with van der Waals surface area (Å²) in [6, 6.07) is 19.1. The monoisotopic (exact) mass is 456 g/mol. The Labute approximate surface area is 197 Å². The van der Waals surface area contributed by atoms with Crippen molar-refractivity contribution in [2.45, 2.75) is 32.4 Å². The first-order valence-electron chi connectivity index (χ1n) is 11.4. The first-order valence-corrected chi connectivity index (χ1v) is 11.4. The summed E-state index contributed by atoms with van der Waals surface area (Å²) in [5.74, 6) is -0.464. The van der Waals surface area contributed by atoms with Gasteiger partial charge in [0.05, 0.1) is 23.4 Å². The summed E-state index contributed by atoms with van der Waals surface area (Å²) in [6.45, 7) is 2.93. The maximum Gasteiger partial charge on any atom is 0.251 e. The fraction of sp³-hybridized carbons (Fsp3) is 0.222. The van der Waals surface area contributed by atoms with E-state index in [4.69, 9.17) is 0 Å². The molecule has 1 aliphatic rings. The topological polar surface area (TPSA) is 67.2 Å². The van der Waals surface area contributed by atoms with Crippen LogP contribution in [0, 0.1) is 5.82 Å². The fourth-order valence-electron chi connectivity index (χ4n) is 4.52. The fourth-order valence-corrected chi connectivity index (χ4v) is 4.52. The van der Waals surface area contributed by atoms with E-state index in [1.807, 2.05) is 47.9 Å². The number of amides is 2. The molecular formula is C27H25FN4O2. The summed E-state index contributed by atoms with van der Waals surface area (Å²) in [6.07, 6.45) is 2.93. The predicted octanol–water partition coefficient (Wildman–Crippen LogP) is 4.65. The minimum Gasteiger partial charge on any atom is -0.343 e. The van der Waals surface area contributed by atoms with E-state index in [9.17, 15) is 14.0 Å². The minimum absolute atomic E-state index is 0.0832. The molecule has 1 unspecified atom stereocenters. The van der Waals surface area contributed by atoms with E-state index in [0.717, 1.165) is 34.3 Å². The molecule has 6 nitrogen and oxygen atoms in total. The Morgan fingerprint density at radius 1 is 1.09 bits per heavy atom. The average molecular weight is 457 g/mol. The zero-order valence-electron chi connectivity index (χ0n) is 18.9. The van der Waals surface area contributed by atoms with Crippen molar-refractivity contribution in [1.82, 2.24) is 14.9 Å². The highest BCUT2D eigenvalue weighted by Crippen LogP contribution is 2.30. The number of nitrogens with one attached hydrogen (secondary N) is 1. The summed E-state index contributed by atoms with van der Waals surface area (Å²) in [5.41, 5.74) is 5.04. The summed E-state index contributed by atoms with van der Waals surface area (Å²) in [5, 5.41) is 3.12. The molecule has 34 heavy (non-hydrogen) atoms. The van der Waals surface area contributed by atoms with Crippen LogP contribution in [0.3, 0.4) is 0 Å². The van der Waals surface area contributed by atoms with E-state index in [1.54, 1.807) is 29.4 Å². The smallest absolute Gasteiger partial charge is 0.251 e. The number of imidazole rings is 1. The van der Waals surface area contributed by atoms with E-state index in [2.05, 4.69) is 10.3 Å². The molecule has 1 N–H and O–H groups in total. The van der Waals surface area contributed by atoms with Gasteiger partial charge >= 0.3 is 0 Å². The molecule has 0 spiro atoms. The van der Waals surface area contributed by atoms with Gasteiger partial charge in [-0.05, 0) is 60.0 Å². The zero-order chi connectivity index (χ0) is 23.7. The molecule has 1 aliphatic heterocycles. The van der Waals surface area contributed by atoms with Gasteiger partial charge in [0, 0.05) is 30.8 Å². The van der Waals surface area contributed by atoms with Crippen LogP contribution in [0.25, 0.3) is 11.0 Å². The van der Waals surface area contributed by atoms with E-state index < -0.39 is 6.04 Å². The first kappa shape index (κ1) is 21.8. The number of aromatic nitrogens is 2. The number of fused-ring (bicyclic) bond motifs is 2. The number of halogens is 1. The molecule has 0 saturated heterocycles. The highest BCUT2D eigenvalue weighted by atomic mass is 19.1. The second-order valence-electron chi connectivity index (χ2n) is 8.46. The maximum absolute atomic E-state index is 13.6. The molecule has 0 bridgehead atoms. The quantitative estimate of drug-likeness (QED) is 0.459. The zero-order valence-corrected chi connectivity index (χ0v) is 18.9. The van der Waals surface area contributed by atoms with Gasteiger partial charge < -0.3 is 14.8 Å². The Morgan fingerprint density at radius 3 is 2.68 bits per heavy atom. The number of anilines is 1. The van der Waals surface area contributed by atoms with Crippen LogP contribution in [0.2, 0.25) is 0 Å². The highest BCUT2D eigenvalue weighted by Gasteiger charge is 2.25. The van der Waals surface area contributed by atoms with Crippen molar-refractivity contribution >= 4 is 28.5 Å². The molecule has 5 rings (SSSR count). The Bertz CT molecular complexity index is 1360. The van der Waals surface area contributed by atoms with Crippen LogP contribution in [0.1, 0.15) is 40.9 Å². The molecule has 2 heterocycles. The van der Waals surface area contributed by atoms with Crippen molar-refractivity contribution in [2.75, 3.05) is 11.4 Å². The van der Waals surface area contributed by atoms with Gasteiger partial charge in [0.15, 0.2) is 0 Å². The van der Waals surface area contributed by atoms with Gasteiger partial charge in [0.1, 0.15) is 5.82 Å². The van der Waals surface area contributed by atoms with E-state index in [-0.39, 0.29) is 17.6 Å². The van der Waals surface area contributed by atoms with Crippen molar-refractivity contribution in [3.63, 3.8) is 0 Å². The third kappa shape index (κ3) is 4.17. The van der Waals surface area contributed by atoms with E-state index >= 15 is 0 Å². The van der Waals surface area contributed by atoms with Gasteiger partial charge in [-0.15, -0.1) is 0 Å². The van der Waals surface area contributed by atoms with Gasteiger partial charge in [0.25, 0.3) is 5.91 Å². The summed E-state index contributed by atoms with van der Waals surface area (Å²) in [4.78, 5) is 31.7. The Morgan fingerprint density at radius 2 is 1.88 bits per heavy atom. The van der Waals surface area contributed by atoms with Gasteiger partial charge in [-0.1, -0.05) is 31.2 Å². The van der Waals surface area contributed by atoms with Crippen LogP contribution < -0.4 is 10.2 Å². The Hall–Kier alpha value is -4.00. The highest BCUT2D eigenvalue weighted by molar-refractivity contribution is 5.98. The van der Waals surface area contributed by atoms with Gasteiger partial charge in [-0.3, -0.25) is 9.59 Å². The average Bonchev–Trinajstić information content (AvgIpc) is 3.47. The molecule has 7 heteroatoms. The second kappa shape index (κ2) is 9.09. The van der Waals surface area contributed by atoms with Crippen LogP contribution in [0.15, 0.2) is 73.1 Å². The molecule has 0 aliphatic carbocycles. The second-order valence-corrected chi connectivity index (χ2v) is 8.46. The standard InChI is InChI=1S/C27H25FN4O2/c1-2-26(33)32-14-13-19-15-20(9-12-24(19)32)27(34)30-23(18-7-10-21(28)11-8-18)16-31-17-29-22-5-3-4-6-25(22)31/h3-12,15,17,23H,2,13-14,16H2,1H3,(H,30,34). The van der Waals surface area contributed by atoms with Crippen LogP contribution in [0.5, 0.6) is 0 Å². The van der Waals surface area contributed by atoms with Gasteiger partial charge in [0.2, 0.25) is 5.91 Å². The SMILES string of the molecule is CCC(=O)N1CCc2cc(C(=O)NC(Cn3cnc4ccccc43)c3ccc(F)cc3)ccc21. The third-order valence-corrected chi connectivity index (χ3v) is 6.33. The lowest BCUT2D eigenvalue weighted by Gasteiger charge is -2.21. The van der Waals surface area contributed by atoms with Crippen molar-refractivity contribution in [3.8, 4) is 0 Å². The lowest BCUT2D eigenvalue weighted by molar-refractivity contribution is -0.118. The lowest BCUT2D eigenvalue weighted by atomic mass is 10.0. The third-order valence-electron chi connectivity index (χ3n) is 6.33. The van der Waals surface area contributed by atoms with Crippen LogP contribution >= 0.6 is 0 Å². The van der Waals surface area contributed by atoms with Crippen LogP contribution in [-0.2, 0) is 17.8 Å². The normalized spacial score (nSPS) is 13.6. The molecule has 0 radical (unpaired) electrons. The lowest BCUT2D eigenvalue weighted by Crippen LogP contribution is -2.31. The van der Waals surface area contributed by atoms with Crippen LogP contribution in [-0.4, -0.2) is 27.9 Å². The number of nitrogens with zero attached hydrogens (tertiary/aromatic N) is 3. The van der Waals surface area contributed by atoms with Crippen molar-refractivity contribution in [1.29, 1.82) is 0 Å². The first-order chi connectivity index (χ1) is 16.5. The summed E-state index contributed by atoms with van der Waals surface area (Å²) in [7, 11) is 0. The number of carbonyl (C=O) groups is 2. The number of para-hydroxylation sites is 2. The largest absolute Gasteiger partial charge is 0.343 e. The summed E-state index contributed by atoms with van der Waals surface area (Å²) < 4.78 is 15.6. The minimum atomic E-state index is -0.392. The number of benzene rings is 3. The Balaban J connectivity index is 1.42. The summed E-state index contributed by atoms with van der Waals surface area (Å²) >= 11 is 0. The van der Waals surface area contributed by atoms with Crippen molar-refractivity contribution < 1.29 is 14.0 Å². The number of hydrogen-bond donors (Lipinski definition) is 1. The molecule has 3 aromatic carbocycles. The van der Waals surface area contributed by atoms with Gasteiger partial charge in [-0.25, -0.2) is 9.37 Å². The van der Waals surface area contributed by atoms with Crippen molar-refractivity contribution in [3.05, 3.63) is 95.6 Å². The van der Waals surface area contributed by atoms with Gasteiger partial charge in [-0.2, -0.15) is 0 Å². The molecule has 2 amide bonds. The molecule has 0 saturated carbocycles. The molecule has 172 valence electrons. The van der Waals surface area contributed by atoms with Crippen LogP contribution in [0.4, 0.5) is 10.1 Å². The van der Waals surface area contributed by atoms with Crippen molar-refractivity contribution in [2.24, 2.45) is 0 Å². The molecule has 4 aromatic rings. The molecule has 1 aromatic heterocycles. The predicted molar refractivity (Wildman–Crippen MR) is 129 cm³/mol. The number of carbonyl (C=O) groups excluding carboxylic acids is 2. The number of rotatable bonds is 6. The Kier molecular flexibility index (Phi) is 5.84. The molecule has 0 fully saturated rings. The molecule has 1 atom stereocenters. The number of hydrogen-bond acceptors (Lipinski definition) is 3. The maximum atomic E-state index is 13.6. The van der Waals surface area contributed by atoms with E-state index in [1.165, 1.54) is 12.1 Å².